The van der Waals surface area contributed by atoms with Crippen LogP contribution < -0.4 is 5.69 Å². The van der Waals surface area contributed by atoms with Gasteiger partial charge in [0.15, 0.2) is 5.65 Å². The highest BCUT2D eigenvalue weighted by Crippen LogP contribution is 2.24. The summed E-state index contributed by atoms with van der Waals surface area (Å²) in [6.07, 6.45) is 4.01. The molecule has 6 nitrogen and oxygen atoms in total. The van der Waals surface area contributed by atoms with Crippen LogP contribution >= 0.6 is 0 Å². The number of imidazole rings is 1. The van der Waals surface area contributed by atoms with E-state index in [0.29, 0.717) is 25.2 Å². The number of rotatable bonds is 4. The molecule has 1 amide bonds. The van der Waals surface area contributed by atoms with Gasteiger partial charge in [0.25, 0.3) is 0 Å². The quantitative estimate of drug-likeness (QED) is 0.715. The Labute approximate surface area is 158 Å². The number of hydrogen-bond acceptors (Lipinski definition) is 3. The van der Waals surface area contributed by atoms with Gasteiger partial charge in [0, 0.05) is 25.7 Å². The topological polar surface area (TPSA) is 60.1 Å². The number of carbonyl (C=O) groups excluding carboxylic acids is 1. The number of aromatic nitrogens is 3. The molecule has 27 heavy (non-hydrogen) atoms. The van der Waals surface area contributed by atoms with Crippen LogP contribution in [-0.2, 0) is 11.3 Å². The third-order valence-electron chi connectivity index (χ3n) is 5.32. The molecule has 0 aliphatic carbocycles. The summed E-state index contributed by atoms with van der Waals surface area (Å²) in [5.74, 6) is 0.147. The van der Waals surface area contributed by atoms with Crippen LogP contribution in [0.15, 0.2) is 53.5 Å². The van der Waals surface area contributed by atoms with Crippen molar-refractivity contribution >= 4 is 17.1 Å². The van der Waals surface area contributed by atoms with Crippen molar-refractivity contribution in [2.24, 2.45) is 0 Å². The van der Waals surface area contributed by atoms with Crippen LogP contribution in [0.3, 0.4) is 0 Å². The van der Waals surface area contributed by atoms with E-state index in [-0.39, 0.29) is 17.6 Å². The largest absolute Gasteiger partial charge is 0.341 e. The fourth-order valence-electron chi connectivity index (χ4n) is 3.97. The van der Waals surface area contributed by atoms with Gasteiger partial charge in [-0.25, -0.2) is 9.78 Å². The summed E-state index contributed by atoms with van der Waals surface area (Å²) in [5, 5.41) is 0. The molecular formula is C21H24N4O2. The molecule has 4 rings (SSSR count). The Morgan fingerprint density at radius 1 is 1.19 bits per heavy atom. The summed E-state index contributed by atoms with van der Waals surface area (Å²) >= 11 is 0. The van der Waals surface area contributed by atoms with Crippen molar-refractivity contribution in [3.05, 3.63) is 64.7 Å². The molecule has 1 fully saturated rings. The van der Waals surface area contributed by atoms with Crippen LogP contribution in [0.5, 0.6) is 0 Å². The zero-order valence-corrected chi connectivity index (χ0v) is 15.5. The zero-order valence-electron chi connectivity index (χ0n) is 15.5. The average Bonchev–Trinajstić information content (AvgIpc) is 3.00. The minimum atomic E-state index is -0.0525. The van der Waals surface area contributed by atoms with Gasteiger partial charge in [0.05, 0.1) is 18.1 Å². The Balaban J connectivity index is 1.76. The summed E-state index contributed by atoms with van der Waals surface area (Å²) in [6, 6.07) is 13.8. The van der Waals surface area contributed by atoms with Crippen molar-refractivity contribution in [3.63, 3.8) is 0 Å². The molecule has 3 heterocycles. The fraction of sp³-hybridized carbons (Fsp3) is 0.381. The van der Waals surface area contributed by atoms with E-state index < -0.39 is 0 Å². The molecule has 1 aliphatic heterocycles. The van der Waals surface area contributed by atoms with E-state index in [1.165, 1.54) is 0 Å². The van der Waals surface area contributed by atoms with E-state index in [4.69, 9.17) is 0 Å². The van der Waals surface area contributed by atoms with E-state index in [1.807, 2.05) is 54.3 Å². The molecule has 1 atom stereocenters. The van der Waals surface area contributed by atoms with Gasteiger partial charge in [0.1, 0.15) is 0 Å². The van der Waals surface area contributed by atoms with Crippen molar-refractivity contribution in [2.75, 3.05) is 13.1 Å². The van der Waals surface area contributed by atoms with Crippen LogP contribution in [0.2, 0.25) is 0 Å². The van der Waals surface area contributed by atoms with E-state index in [0.717, 1.165) is 30.5 Å². The molecule has 0 bridgehead atoms. The summed E-state index contributed by atoms with van der Waals surface area (Å²) in [4.78, 5) is 31.9. The third kappa shape index (κ3) is 3.27. The van der Waals surface area contributed by atoms with Crippen molar-refractivity contribution in [2.45, 2.75) is 38.8 Å². The van der Waals surface area contributed by atoms with Crippen molar-refractivity contribution in [3.8, 4) is 0 Å². The first-order valence-corrected chi connectivity index (χ1v) is 9.56. The minimum Gasteiger partial charge on any atom is -0.341 e. The van der Waals surface area contributed by atoms with Crippen molar-refractivity contribution in [1.29, 1.82) is 0 Å². The second-order valence-electron chi connectivity index (χ2n) is 7.06. The van der Waals surface area contributed by atoms with E-state index in [9.17, 15) is 9.59 Å². The smallest absolute Gasteiger partial charge is 0.330 e. The average molecular weight is 364 g/mol. The highest BCUT2D eigenvalue weighted by molar-refractivity contribution is 5.76. The number of piperidine rings is 1. The molecule has 1 aliphatic rings. The van der Waals surface area contributed by atoms with Crippen molar-refractivity contribution < 1.29 is 4.79 Å². The maximum atomic E-state index is 13.3. The number of benzene rings is 1. The first kappa shape index (κ1) is 17.5. The third-order valence-corrected chi connectivity index (χ3v) is 5.32. The highest BCUT2D eigenvalue weighted by Gasteiger charge is 2.28. The first-order valence-electron chi connectivity index (χ1n) is 9.56. The first-order chi connectivity index (χ1) is 13.2. The summed E-state index contributed by atoms with van der Waals surface area (Å²) in [6.45, 7) is 3.74. The number of carbonyl (C=O) groups is 1. The number of nitrogens with zero attached hydrogens (tertiary/aromatic N) is 4. The van der Waals surface area contributed by atoms with Gasteiger partial charge in [-0.1, -0.05) is 37.3 Å². The Kier molecular flexibility index (Phi) is 4.79. The van der Waals surface area contributed by atoms with Gasteiger partial charge in [-0.05, 0) is 30.5 Å². The molecule has 140 valence electrons. The maximum Gasteiger partial charge on any atom is 0.330 e. The number of likely N-dealkylation sites (tertiary alicyclic amines) is 1. The van der Waals surface area contributed by atoms with E-state index in [1.54, 1.807) is 15.3 Å². The molecule has 3 aromatic rings. The second kappa shape index (κ2) is 7.39. The van der Waals surface area contributed by atoms with E-state index in [2.05, 4.69) is 4.98 Å². The van der Waals surface area contributed by atoms with Crippen LogP contribution in [0.1, 0.15) is 37.8 Å². The lowest BCUT2D eigenvalue weighted by molar-refractivity contribution is -0.132. The standard InChI is InChI=1S/C21H24N4O2/c1-2-19(26)23-13-7-10-17(15-23)25-20-18(11-6-12-22-20)24(21(25)27)14-16-8-4-3-5-9-16/h3-6,8-9,11-12,17H,2,7,10,13-15H2,1H3/t17-/m0/s1. The SMILES string of the molecule is CCC(=O)N1CCC[C@H](n2c(=O)n(Cc3ccccc3)c3cccnc32)C1. The lowest BCUT2D eigenvalue weighted by atomic mass is 10.1. The number of fused-ring (bicyclic) bond motifs is 1. The zero-order chi connectivity index (χ0) is 18.8. The predicted molar refractivity (Wildman–Crippen MR) is 105 cm³/mol. The molecule has 0 saturated carbocycles. The van der Waals surface area contributed by atoms with Crippen LogP contribution in [0.25, 0.3) is 11.2 Å². The normalized spacial score (nSPS) is 17.4. The van der Waals surface area contributed by atoms with Gasteiger partial charge in [-0.3, -0.25) is 13.9 Å². The number of amides is 1. The van der Waals surface area contributed by atoms with Gasteiger partial charge < -0.3 is 4.90 Å². The summed E-state index contributed by atoms with van der Waals surface area (Å²) < 4.78 is 3.59. The van der Waals surface area contributed by atoms with Gasteiger partial charge in [-0.15, -0.1) is 0 Å². The molecule has 1 aromatic carbocycles. The Hall–Kier alpha value is -2.89. The van der Waals surface area contributed by atoms with E-state index >= 15 is 0 Å². The van der Waals surface area contributed by atoms with Crippen molar-refractivity contribution in [1.82, 2.24) is 19.0 Å². The minimum absolute atomic E-state index is 0.0313. The summed E-state index contributed by atoms with van der Waals surface area (Å²) in [7, 11) is 0. The van der Waals surface area contributed by atoms with Crippen LogP contribution in [-0.4, -0.2) is 38.0 Å². The van der Waals surface area contributed by atoms with Gasteiger partial charge >= 0.3 is 5.69 Å². The van der Waals surface area contributed by atoms with Gasteiger partial charge in [-0.2, -0.15) is 0 Å². The second-order valence-corrected chi connectivity index (χ2v) is 7.06. The molecule has 0 N–H and O–H groups in total. The Bertz CT molecular complexity index is 1010. The van der Waals surface area contributed by atoms with Crippen LogP contribution in [0.4, 0.5) is 0 Å². The summed E-state index contributed by atoms with van der Waals surface area (Å²) in [5.41, 5.74) is 2.57. The molecular weight excluding hydrogens is 340 g/mol. The Morgan fingerprint density at radius 2 is 2.00 bits per heavy atom. The molecule has 0 spiro atoms. The number of hydrogen-bond donors (Lipinski definition) is 0. The maximum absolute atomic E-state index is 13.3. The predicted octanol–water partition coefficient (Wildman–Crippen LogP) is 2.82. The molecule has 2 aromatic heterocycles. The fourth-order valence-corrected chi connectivity index (χ4v) is 3.97. The lowest BCUT2D eigenvalue weighted by Crippen LogP contribution is -2.42. The number of pyridine rings is 1. The molecule has 0 radical (unpaired) electrons. The monoisotopic (exact) mass is 364 g/mol. The highest BCUT2D eigenvalue weighted by atomic mass is 16.2. The molecule has 0 unspecified atom stereocenters. The molecule has 1 saturated heterocycles. The molecule has 6 heteroatoms. The van der Waals surface area contributed by atoms with Crippen LogP contribution in [0, 0.1) is 0 Å². The lowest BCUT2D eigenvalue weighted by Gasteiger charge is -2.33. The van der Waals surface area contributed by atoms with Gasteiger partial charge in [0.2, 0.25) is 5.91 Å². The Morgan fingerprint density at radius 3 is 2.78 bits per heavy atom.